The van der Waals surface area contributed by atoms with Crippen LogP contribution in [0.3, 0.4) is 0 Å². The molecule has 0 fully saturated rings. The number of carboxylic acid groups (broad SMARTS) is 1. The van der Waals surface area contributed by atoms with Crippen molar-refractivity contribution in [1.29, 1.82) is 0 Å². The number of carbonyl (C=O) groups excluding carboxylic acids is 15. The number of aliphatic carboxylic acids is 1. The van der Waals surface area contributed by atoms with Crippen LogP contribution >= 0.6 is 0 Å². The minimum atomic E-state index is -4.32. The number of esters is 4. The Hall–Kier alpha value is -6.19. The monoisotopic (exact) mass is 2120 g/mol. The molecule has 145 heavy (non-hydrogen) atoms. The van der Waals surface area contributed by atoms with Gasteiger partial charge in [-0.2, -0.15) is 0 Å². The maximum atomic E-state index is 11.9. The molecule has 2 unspecified atom stereocenters. The molecule has 38 heteroatoms. The van der Waals surface area contributed by atoms with Crippen LogP contribution in [-0.4, -0.2) is 218 Å². The van der Waals surface area contributed by atoms with Crippen LogP contribution in [0.15, 0.2) is 73.7 Å². The molecule has 0 saturated carbocycles. The van der Waals surface area contributed by atoms with Gasteiger partial charge in [0, 0.05) is 108 Å². The standard InChI is InChI=1S/4C18H29NO4.C10H14O3S.C9H19NO4S.C8H17NO2.C6H12O2.C2H6.3Na/c4*1-6-18(4,5)17(22)23-12-10-8-7-9-11-19-15(20)13(2)14(3)16(19)21;1-3-8(2)9-4-6-10(7-5-9)14(11,12)13;1-5-7(2)8(11)10-9(3,4)6-15(12,13)14;1-6-8(2,3)7(10)11-9(4)5;1-4-6(2,3)5(7)8;1-2;;;/h4*6-12H2,1-5H3;4-8H,3H2,1-2H3,(H,11,12,13);7H,5-6H2,1-4H3,(H,10,11)(H,12,13,14);6H2,1-5H3;4H2,1-3H3,(H,7,8);1-2H3;;;/q;;;;;;;;;3*+1/p-3. The molecule has 33 nitrogen and oxygen atoms in total. The van der Waals surface area contributed by atoms with Crippen molar-refractivity contribution in [3.8, 4) is 0 Å². The second-order valence-corrected chi connectivity index (χ2v) is 43.7. The molecule has 0 radical (unpaired) electrons. The van der Waals surface area contributed by atoms with Gasteiger partial charge in [-0.15, -0.1) is 5.06 Å². The van der Waals surface area contributed by atoms with Gasteiger partial charge in [0.05, 0.1) is 74.3 Å². The van der Waals surface area contributed by atoms with E-state index in [9.17, 15) is 103 Å². The van der Waals surface area contributed by atoms with Crippen molar-refractivity contribution < 1.29 is 215 Å². The van der Waals surface area contributed by atoms with E-state index in [-0.39, 0.29) is 188 Å². The van der Waals surface area contributed by atoms with Crippen LogP contribution in [0, 0.1) is 38.4 Å². The first-order valence-electron chi connectivity index (χ1n) is 50.6. The van der Waals surface area contributed by atoms with E-state index in [4.69, 9.17) is 23.8 Å². The van der Waals surface area contributed by atoms with Gasteiger partial charge >= 0.3 is 119 Å². The van der Waals surface area contributed by atoms with Crippen molar-refractivity contribution in [3.05, 3.63) is 74.4 Å². The van der Waals surface area contributed by atoms with Crippen molar-refractivity contribution >= 4 is 109 Å². The van der Waals surface area contributed by atoms with Crippen LogP contribution < -0.4 is 99.1 Å². The van der Waals surface area contributed by atoms with Gasteiger partial charge in [-0.05, 0) is 291 Å². The minimum absolute atomic E-state index is 0. The topological polar surface area (TPSA) is 468 Å². The van der Waals surface area contributed by atoms with Gasteiger partial charge < -0.3 is 48.1 Å². The summed E-state index contributed by atoms with van der Waals surface area (Å²) in [6, 6.07) is 6.12. The fourth-order valence-corrected chi connectivity index (χ4v) is 13.3. The summed E-state index contributed by atoms with van der Waals surface area (Å²) < 4.78 is 84.7. The van der Waals surface area contributed by atoms with Gasteiger partial charge in [-0.25, -0.2) is 21.6 Å². The molecule has 4 aliphatic rings. The Morgan fingerprint density at radius 1 is 0.352 bits per heavy atom. The molecule has 9 amide bonds. The second kappa shape index (κ2) is 73.9. The average Bonchev–Trinajstić information content (AvgIpc) is 1.68. The number of nitrogens with zero attached hydrogens (tertiary/aromatic N) is 5. The van der Waals surface area contributed by atoms with Crippen molar-refractivity contribution in [3.63, 3.8) is 0 Å². The Balaban J connectivity index is -0.000000304. The Kier molecular flexibility index (Phi) is 77.3. The summed E-state index contributed by atoms with van der Waals surface area (Å²) in [7, 11) is -5.23. The van der Waals surface area contributed by atoms with Gasteiger partial charge in [-0.3, -0.25) is 81.9 Å². The Bertz CT molecular complexity index is 4200. The zero-order valence-electron chi connectivity index (χ0n) is 96.4. The summed E-state index contributed by atoms with van der Waals surface area (Å²) in [5, 5.41) is 14.1. The SMILES string of the molecule is CC.CCC(C)(C)C(=O)OCCCCCCN1C(=O)C(C)=C(C)C1=O.CCC(C)(C)C(=O)OCCCCCCN1C(=O)C(C)=C(C)C1=O.CCC(C)(C)C(=O)OCCCCCCN1C(=O)C(C)=C(C)C1=O.CCC(C)(C)C(=O)OCCCCCCN1C(=O)C(C)=C(C)C1=O.CCC(C)(C)C(=O)ON(C)C.CCC(C)(C)C(=O)[O-].CCC(C)C(=O)NC(C)(C)CS(=O)(=O)[O-].CCC(C)c1ccc(S(=O)(=O)[O-])cc1.[Na+].[Na+].[Na+]. The quantitative estimate of drug-likeness (QED) is 0.0121. The second-order valence-electron chi connectivity index (χ2n) is 40.9. The van der Waals surface area contributed by atoms with Crippen LogP contribution in [0.1, 0.15) is 401 Å². The minimum Gasteiger partial charge on any atom is -0.748 e. The van der Waals surface area contributed by atoms with Gasteiger partial charge in [0.1, 0.15) is 10.1 Å². The summed E-state index contributed by atoms with van der Waals surface area (Å²) in [5.74, 6) is -3.67. The van der Waals surface area contributed by atoms with Gasteiger partial charge in [0.15, 0.2) is 0 Å². The van der Waals surface area contributed by atoms with Gasteiger partial charge in [-0.1, -0.05) is 135 Å². The molecule has 4 aliphatic heterocycles. The number of hydrogen-bond donors (Lipinski definition) is 1. The first-order valence-corrected chi connectivity index (χ1v) is 53.6. The third kappa shape index (κ3) is 57.2. The molecular formula is C107H181N6Na3O27S2. The summed E-state index contributed by atoms with van der Waals surface area (Å²) in [6.45, 7) is 65.8. The third-order valence-electron chi connectivity index (χ3n) is 26.1. The number of amides is 9. The number of hydroxylamine groups is 2. The molecule has 0 aliphatic carbocycles. The van der Waals surface area contributed by atoms with Gasteiger partial charge in [0.2, 0.25) is 5.91 Å². The zero-order chi connectivity index (χ0) is 111. The van der Waals surface area contributed by atoms with Crippen LogP contribution in [0.2, 0.25) is 0 Å². The normalized spacial score (nSPS) is 14.3. The zero-order valence-corrected chi connectivity index (χ0v) is 104. The summed E-state index contributed by atoms with van der Waals surface area (Å²) >= 11 is 0. The van der Waals surface area contributed by atoms with E-state index in [1.165, 1.54) is 50.6 Å². The molecule has 4 heterocycles. The number of unbranched alkanes of at least 4 members (excludes halogenated alkanes) is 12. The largest absolute Gasteiger partial charge is 1.00 e. The van der Waals surface area contributed by atoms with Crippen LogP contribution in [0.4, 0.5) is 0 Å². The van der Waals surface area contributed by atoms with E-state index in [1.54, 1.807) is 102 Å². The maximum Gasteiger partial charge on any atom is 1.00 e. The molecule has 816 valence electrons. The van der Waals surface area contributed by atoms with Crippen molar-refractivity contribution in [2.45, 2.75) is 406 Å². The summed E-state index contributed by atoms with van der Waals surface area (Å²) in [6.07, 6.45) is 19.8. The predicted molar refractivity (Wildman–Crippen MR) is 548 cm³/mol. The molecule has 5 rings (SSSR count). The molecule has 0 aromatic heterocycles. The van der Waals surface area contributed by atoms with E-state index in [0.717, 1.165) is 147 Å². The van der Waals surface area contributed by atoms with Crippen LogP contribution in [-0.2, 0) is 116 Å². The molecule has 0 bridgehead atoms. The van der Waals surface area contributed by atoms with Crippen LogP contribution in [0.5, 0.6) is 0 Å². The molecule has 1 aromatic carbocycles. The third-order valence-corrected chi connectivity index (χ3v) is 28.0. The molecule has 0 saturated heterocycles. The smallest absolute Gasteiger partial charge is 0.748 e. The number of imide groups is 4. The number of carbonyl (C=O) groups is 15. The molecule has 1 N–H and O–H groups in total. The number of benzene rings is 1. The van der Waals surface area contributed by atoms with Crippen molar-refractivity contribution in [2.24, 2.45) is 38.4 Å². The van der Waals surface area contributed by atoms with E-state index in [0.29, 0.717) is 116 Å². The Labute approximate surface area is 937 Å². The van der Waals surface area contributed by atoms with Crippen molar-refractivity contribution in [2.75, 3.05) is 72.5 Å². The predicted octanol–water partition coefficient (Wildman–Crippen LogP) is 9.16. The average molecular weight is 2120 g/mol. The number of rotatable bonds is 49. The first-order chi connectivity index (χ1) is 65.3. The summed E-state index contributed by atoms with van der Waals surface area (Å²) in [4.78, 5) is 185. The van der Waals surface area contributed by atoms with Gasteiger partial charge in [0.25, 0.3) is 47.3 Å². The van der Waals surface area contributed by atoms with Crippen LogP contribution in [0.25, 0.3) is 0 Å². The molecule has 1 aromatic rings. The van der Waals surface area contributed by atoms with E-state index < -0.39 is 64.6 Å². The molecule has 0 spiro atoms. The molecular weight excluding hydrogens is 1930 g/mol. The maximum absolute atomic E-state index is 11.9. The van der Waals surface area contributed by atoms with E-state index >= 15 is 0 Å². The van der Waals surface area contributed by atoms with E-state index in [1.807, 2.05) is 132 Å². The number of carboxylic acids is 1. The number of hydrogen-bond acceptors (Lipinski definition) is 28. The van der Waals surface area contributed by atoms with Crippen molar-refractivity contribution in [1.82, 2.24) is 30.0 Å². The summed E-state index contributed by atoms with van der Waals surface area (Å²) in [5.41, 5.74) is 1.80. The number of ether oxygens (including phenoxy) is 4. The Morgan fingerprint density at radius 2 is 0.566 bits per heavy atom. The first kappa shape index (κ1) is 152. The fourth-order valence-electron chi connectivity index (χ4n) is 11.9. The van der Waals surface area contributed by atoms with E-state index in [2.05, 4.69) is 19.2 Å². The number of nitrogens with one attached hydrogen (secondary N) is 1. The molecule has 2 atom stereocenters. The fraction of sp³-hybridized carbons (Fsp3) is 0.729. The Morgan fingerprint density at radius 3 is 0.738 bits per heavy atom.